The Kier molecular flexibility index (Phi) is 1.96. The number of methoxy groups -OCH3 is 1. The van der Waals surface area contributed by atoms with E-state index in [-0.39, 0.29) is 5.69 Å². The van der Waals surface area contributed by atoms with Crippen LogP contribution in [0.15, 0.2) is 23.0 Å². The molecule has 0 amide bonds. The molecule has 4 nitrogen and oxygen atoms in total. The summed E-state index contributed by atoms with van der Waals surface area (Å²) in [5, 5.41) is 0.826. The zero-order valence-electron chi connectivity index (χ0n) is 8.00. The minimum atomic E-state index is -0.386. The molecule has 0 fully saturated rings. The molecular formula is C10H10N2O2. The number of nitrogens with one attached hydrogen (secondary N) is 1. The highest BCUT2D eigenvalue weighted by Crippen LogP contribution is 2.21. The van der Waals surface area contributed by atoms with E-state index in [2.05, 4.69) is 9.97 Å². The summed E-state index contributed by atoms with van der Waals surface area (Å²) >= 11 is 0. The Morgan fingerprint density at radius 2 is 2.21 bits per heavy atom. The van der Waals surface area contributed by atoms with E-state index < -0.39 is 0 Å². The van der Waals surface area contributed by atoms with Crippen LogP contribution in [0.5, 0.6) is 5.88 Å². The van der Waals surface area contributed by atoms with Gasteiger partial charge in [-0.15, -0.1) is 0 Å². The first-order chi connectivity index (χ1) is 6.72. The van der Waals surface area contributed by atoms with Gasteiger partial charge in [-0.25, -0.2) is 4.79 Å². The highest BCUT2D eigenvalue weighted by atomic mass is 16.5. The molecule has 0 spiro atoms. The number of H-pyrrole nitrogens is 1. The third kappa shape index (κ3) is 1.25. The molecule has 1 heterocycles. The van der Waals surface area contributed by atoms with Gasteiger partial charge in [0.25, 0.3) is 0 Å². The standard InChI is InChI=1S/C10H10N2O2/c1-6-4-3-5-7-8(6)11-10(13)12-9(7)14-2/h3-5H,1-2H3,(H,11,12,13). The van der Waals surface area contributed by atoms with Crippen molar-refractivity contribution in [3.8, 4) is 5.88 Å². The number of benzene rings is 1. The van der Waals surface area contributed by atoms with Gasteiger partial charge in [-0.3, -0.25) is 0 Å². The monoisotopic (exact) mass is 190 g/mol. The van der Waals surface area contributed by atoms with Crippen molar-refractivity contribution in [2.45, 2.75) is 6.92 Å². The molecule has 1 aromatic carbocycles. The van der Waals surface area contributed by atoms with Crippen molar-refractivity contribution in [2.24, 2.45) is 0 Å². The molecule has 14 heavy (non-hydrogen) atoms. The molecule has 0 aliphatic carbocycles. The summed E-state index contributed by atoms with van der Waals surface area (Å²) in [5.74, 6) is 0.368. The number of aromatic amines is 1. The molecule has 0 saturated heterocycles. The number of hydrogen-bond acceptors (Lipinski definition) is 3. The predicted octanol–water partition coefficient (Wildman–Crippen LogP) is 1.24. The van der Waals surface area contributed by atoms with Crippen LogP contribution in [0.3, 0.4) is 0 Å². The molecule has 1 N–H and O–H groups in total. The summed E-state index contributed by atoms with van der Waals surface area (Å²) in [4.78, 5) is 17.6. The van der Waals surface area contributed by atoms with Crippen LogP contribution in [-0.4, -0.2) is 17.1 Å². The summed E-state index contributed by atoms with van der Waals surface area (Å²) in [6.07, 6.45) is 0. The van der Waals surface area contributed by atoms with Gasteiger partial charge in [-0.1, -0.05) is 12.1 Å². The first-order valence-corrected chi connectivity index (χ1v) is 4.26. The third-order valence-corrected chi connectivity index (χ3v) is 2.13. The number of nitrogens with zero attached hydrogens (tertiary/aromatic N) is 1. The Bertz CT molecular complexity index is 531. The van der Waals surface area contributed by atoms with Gasteiger partial charge in [-0.2, -0.15) is 4.98 Å². The molecule has 0 saturated carbocycles. The fourth-order valence-corrected chi connectivity index (χ4v) is 1.45. The topological polar surface area (TPSA) is 55.0 Å². The summed E-state index contributed by atoms with van der Waals surface area (Å²) in [6, 6.07) is 5.70. The maximum atomic E-state index is 11.2. The van der Waals surface area contributed by atoms with Crippen molar-refractivity contribution in [3.63, 3.8) is 0 Å². The summed E-state index contributed by atoms with van der Waals surface area (Å²) in [6.45, 7) is 1.93. The number of para-hydroxylation sites is 1. The zero-order valence-corrected chi connectivity index (χ0v) is 8.00. The van der Waals surface area contributed by atoms with Crippen LogP contribution in [0.2, 0.25) is 0 Å². The van der Waals surface area contributed by atoms with Crippen molar-refractivity contribution in [1.29, 1.82) is 0 Å². The number of aromatic nitrogens is 2. The average Bonchev–Trinajstić information content (AvgIpc) is 2.18. The zero-order chi connectivity index (χ0) is 10.1. The van der Waals surface area contributed by atoms with Crippen LogP contribution in [0.4, 0.5) is 0 Å². The van der Waals surface area contributed by atoms with E-state index in [9.17, 15) is 4.79 Å². The number of hydrogen-bond donors (Lipinski definition) is 1. The van der Waals surface area contributed by atoms with Crippen molar-refractivity contribution in [3.05, 3.63) is 34.2 Å². The lowest BCUT2D eigenvalue weighted by Gasteiger charge is -2.04. The van der Waals surface area contributed by atoms with Gasteiger partial charge < -0.3 is 9.72 Å². The van der Waals surface area contributed by atoms with E-state index in [0.29, 0.717) is 5.88 Å². The molecule has 72 valence electrons. The van der Waals surface area contributed by atoms with Gasteiger partial charge in [-0.05, 0) is 18.6 Å². The van der Waals surface area contributed by atoms with E-state index in [0.717, 1.165) is 16.5 Å². The second-order valence-electron chi connectivity index (χ2n) is 3.05. The van der Waals surface area contributed by atoms with Crippen molar-refractivity contribution >= 4 is 10.9 Å². The van der Waals surface area contributed by atoms with Gasteiger partial charge in [0.15, 0.2) is 0 Å². The fraction of sp³-hybridized carbons (Fsp3) is 0.200. The van der Waals surface area contributed by atoms with Crippen molar-refractivity contribution in [2.75, 3.05) is 7.11 Å². The van der Waals surface area contributed by atoms with Gasteiger partial charge in [0.05, 0.1) is 18.0 Å². The van der Waals surface area contributed by atoms with E-state index in [1.165, 1.54) is 7.11 Å². The summed E-state index contributed by atoms with van der Waals surface area (Å²) < 4.78 is 5.03. The minimum Gasteiger partial charge on any atom is -0.480 e. The van der Waals surface area contributed by atoms with Gasteiger partial charge >= 0.3 is 5.69 Å². The van der Waals surface area contributed by atoms with E-state index >= 15 is 0 Å². The molecule has 4 heteroatoms. The Morgan fingerprint density at radius 1 is 1.43 bits per heavy atom. The molecule has 0 bridgehead atoms. The van der Waals surface area contributed by atoms with E-state index in [4.69, 9.17) is 4.74 Å². The van der Waals surface area contributed by atoms with E-state index in [1.807, 2.05) is 25.1 Å². The molecule has 1 aromatic heterocycles. The first kappa shape index (κ1) is 8.74. The van der Waals surface area contributed by atoms with Crippen molar-refractivity contribution in [1.82, 2.24) is 9.97 Å². The maximum absolute atomic E-state index is 11.2. The normalized spacial score (nSPS) is 10.4. The lowest BCUT2D eigenvalue weighted by Crippen LogP contribution is -2.11. The van der Waals surface area contributed by atoms with Gasteiger partial charge in [0, 0.05) is 0 Å². The van der Waals surface area contributed by atoms with Crippen LogP contribution >= 0.6 is 0 Å². The van der Waals surface area contributed by atoms with Crippen LogP contribution < -0.4 is 10.4 Å². The minimum absolute atomic E-state index is 0.368. The Balaban J connectivity index is 2.94. The molecule has 0 unspecified atom stereocenters. The SMILES string of the molecule is COc1nc(=O)[nH]c2c(C)cccc12. The number of fused-ring (bicyclic) bond motifs is 1. The summed E-state index contributed by atoms with van der Waals surface area (Å²) in [7, 11) is 1.50. The molecule has 0 aliphatic heterocycles. The molecule has 0 aliphatic rings. The average molecular weight is 190 g/mol. The summed E-state index contributed by atoms with van der Waals surface area (Å²) in [5.41, 5.74) is 1.40. The highest BCUT2D eigenvalue weighted by molar-refractivity contribution is 5.85. The van der Waals surface area contributed by atoms with Crippen LogP contribution in [0.25, 0.3) is 10.9 Å². The third-order valence-electron chi connectivity index (χ3n) is 2.13. The quantitative estimate of drug-likeness (QED) is 0.736. The largest absolute Gasteiger partial charge is 0.480 e. The number of rotatable bonds is 1. The molecule has 2 rings (SSSR count). The number of aryl methyl sites for hydroxylation is 1. The second-order valence-corrected chi connectivity index (χ2v) is 3.05. The Hall–Kier alpha value is -1.84. The highest BCUT2D eigenvalue weighted by Gasteiger charge is 2.05. The maximum Gasteiger partial charge on any atom is 0.348 e. The van der Waals surface area contributed by atoms with Crippen LogP contribution in [0, 0.1) is 6.92 Å². The molecule has 0 atom stereocenters. The van der Waals surface area contributed by atoms with Crippen LogP contribution in [0.1, 0.15) is 5.56 Å². The Labute approximate surface area is 80.6 Å². The smallest absolute Gasteiger partial charge is 0.348 e. The van der Waals surface area contributed by atoms with Crippen molar-refractivity contribution < 1.29 is 4.74 Å². The second kappa shape index (κ2) is 3.14. The van der Waals surface area contributed by atoms with Crippen LogP contribution in [-0.2, 0) is 0 Å². The first-order valence-electron chi connectivity index (χ1n) is 4.26. The Morgan fingerprint density at radius 3 is 2.93 bits per heavy atom. The lowest BCUT2D eigenvalue weighted by atomic mass is 10.1. The lowest BCUT2D eigenvalue weighted by molar-refractivity contribution is 0.401. The number of ether oxygens (including phenoxy) is 1. The van der Waals surface area contributed by atoms with E-state index in [1.54, 1.807) is 0 Å². The van der Waals surface area contributed by atoms with Gasteiger partial charge in [0.1, 0.15) is 0 Å². The fourth-order valence-electron chi connectivity index (χ4n) is 1.45. The van der Waals surface area contributed by atoms with Gasteiger partial charge in [0.2, 0.25) is 5.88 Å². The molecule has 2 aromatic rings. The molecule has 0 radical (unpaired) electrons. The molecular weight excluding hydrogens is 180 g/mol. The predicted molar refractivity (Wildman–Crippen MR) is 53.7 cm³/mol.